The van der Waals surface area contributed by atoms with Crippen molar-refractivity contribution in [2.75, 3.05) is 26.2 Å². The maximum absolute atomic E-state index is 12.1. The number of thiophene rings is 1. The van der Waals surface area contributed by atoms with Crippen molar-refractivity contribution in [3.63, 3.8) is 0 Å². The molecule has 0 radical (unpaired) electrons. The highest BCUT2D eigenvalue weighted by atomic mass is 32.1. The fraction of sp³-hybridized carbons (Fsp3) is 0.533. The number of aryl methyl sites for hydroxylation is 1. The Labute approximate surface area is 139 Å². The van der Waals surface area contributed by atoms with E-state index in [-0.39, 0.29) is 12.0 Å². The molecule has 1 saturated heterocycles. The predicted molar refractivity (Wildman–Crippen MR) is 87.0 cm³/mol. The van der Waals surface area contributed by atoms with E-state index in [1.807, 2.05) is 29.0 Å². The molecule has 3 heterocycles. The zero-order valence-corrected chi connectivity index (χ0v) is 14.0. The van der Waals surface area contributed by atoms with E-state index in [1.54, 1.807) is 17.7 Å². The van der Waals surface area contributed by atoms with Gasteiger partial charge in [0.25, 0.3) is 0 Å². The van der Waals surface area contributed by atoms with Gasteiger partial charge in [-0.2, -0.15) is 0 Å². The molecule has 2 aromatic rings. The maximum atomic E-state index is 12.1. The number of amides is 1. The first-order chi connectivity index (χ1) is 11.3. The van der Waals surface area contributed by atoms with Crippen LogP contribution in [0.5, 0.6) is 0 Å². The quantitative estimate of drug-likeness (QED) is 0.854. The highest BCUT2D eigenvalue weighted by molar-refractivity contribution is 7.09. The van der Waals surface area contributed by atoms with Crippen LogP contribution in [0.4, 0.5) is 0 Å². The summed E-state index contributed by atoms with van der Waals surface area (Å²) in [6.07, 6.45) is 1.59. The van der Waals surface area contributed by atoms with Crippen molar-refractivity contribution in [3.05, 3.63) is 34.5 Å². The first kappa shape index (κ1) is 16.1. The second-order valence-corrected chi connectivity index (χ2v) is 6.46. The lowest BCUT2D eigenvalue weighted by Gasteiger charge is -2.31. The van der Waals surface area contributed by atoms with Crippen molar-refractivity contribution in [1.82, 2.24) is 25.0 Å². The number of rotatable bonds is 6. The van der Waals surface area contributed by atoms with E-state index in [9.17, 15) is 4.79 Å². The molecule has 8 heteroatoms. The van der Waals surface area contributed by atoms with Crippen LogP contribution in [0, 0.1) is 0 Å². The number of nitrogens with zero attached hydrogens (tertiary/aromatic N) is 4. The average Bonchev–Trinajstić information content (AvgIpc) is 3.24. The number of morpholine rings is 1. The van der Waals surface area contributed by atoms with Crippen LogP contribution in [0.15, 0.2) is 23.8 Å². The summed E-state index contributed by atoms with van der Waals surface area (Å²) in [6, 6.07) is 4.01. The predicted octanol–water partition coefficient (Wildman–Crippen LogP) is 1.05. The average molecular weight is 335 g/mol. The van der Waals surface area contributed by atoms with Crippen LogP contribution in [-0.2, 0) is 22.6 Å². The first-order valence-electron chi connectivity index (χ1n) is 7.77. The molecule has 124 valence electrons. The number of nitrogens with one attached hydrogen (secondary N) is 1. The molecule has 0 aromatic carbocycles. The third kappa shape index (κ3) is 4.15. The van der Waals surface area contributed by atoms with Gasteiger partial charge < -0.3 is 14.6 Å². The van der Waals surface area contributed by atoms with Gasteiger partial charge in [0.15, 0.2) is 5.82 Å². The molecule has 1 amide bonds. The van der Waals surface area contributed by atoms with E-state index in [1.165, 1.54) is 0 Å². The number of carbonyl (C=O) groups is 1. The molecule has 1 fully saturated rings. The molecule has 0 bridgehead atoms. The van der Waals surface area contributed by atoms with Crippen LogP contribution in [0.1, 0.15) is 23.7 Å². The zero-order chi connectivity index (χ0) is 16.1. The van der Waals surface area contributed by atoms with E-state index < -0.39 is 0 Å². The molecule has 1 aliphatic heterocycles. The minimum absolute atomic E-state index is 0.0380. The van der Waals surface area contributed by atoms with Crippen LogP contribution in [0.2, 0.25) is 0 Å². The van der Waals surface area contributed by atoms with Gasteiger partial charge in [-0.1, -0.05) is 6.07 Å². The minimum Gasteiger partial charge on any atom is -0.368 e. The van der Waals surface area contributed by atoms with Gasteiger partial charge in [0, 0.05) is 24.5 Å². The van der Waals surface area contributed by atoms with E-state index in [2.05, 4.69) is 20.4 Å². The summed E-state index contributed by atoms with van der Waals surface area (Å²) in [5.41, 5.74) is 0. The van der Waals surface area contributed by atoms with Gasteiger partial charge in [-0.05, 0) is 18.4 Å². The van der Waals surface area contributed by atoms with Gasteiger partial charge >= 0.3 is 0 Å². The third-order valence-corrected chi connectivity index (χ3v) is 4.71. The minimum atomic E-state index is -0.128. The maximum Gasteiger partial charge on any atom is 0.234 e. The first-order valence-corrected chi connectivity index (χ1v) is 8.65. The molecule has 1 N–H and O–H groups in total. The van der Waals surface area contributed by atoms with E-state index in [4.69, 9.17) is 4.74 Å². The fourth-order valence-electron chi connectivity index (χ4n) is 2.62. The number of aromatic nitrogens is 3. The summed E-state index contributed by atoms with van der Waals surface area (Å²) in [7, 11) is 0. The fourth-order valence-corrected chi connectivity index (χ4v) is 3.26. The summed E-state index contributed by atoms with van der Waals surface area (Å²) in [4.78, 5) is 15.4. The van der Waals surface area contributed by atoms with Gasteiger partial charge in [0.05, 0.1) is 19.7 Å². The van der Waals surface area contributed by atoms with Gasteiger partial charge in [-0.15, -0.1) is 21.5 Å². The normalized spacial score (nSPS) is 18.9. The number of ether oxygens (including phenoxy) is 1. The Morgan fingerprint density at radius 1 is 1.57 bits per heavy atom. The largest absolute Gasteiger partial charge is 0.368 e. The molecule has 0 unspecified atom stereocenters. The van der Waals surface area contributed by atoms with Crippen molar-refractivity contribution >= 4 is 17.2 Å². The van der Waals surface area contributed by atoms with E-state index >= 15 is 0 Å². The topological polar surface area (TPSA) is 72.3 Å². The molecule has 1 aliphatic rings. The molecule has 0 saturated carbocycles. The molecular weight excluding hydrogens is 314 g/mol. The molecule has 23 heavy (non-hydrogen) atoms. The Hall–Kier alpha value is -1.77. The van der Waals surface area contributed by atoms with E-state index in [0.29, 0.717) is 26.2 Å². The van der Waals surface area contributed by atoms with Crippen LogP contribution in [0.3, 0.4) is 0 Å². The van der Waals surface area contributed by atoms with Gasteiger partial charge in [0.1, 0.15) is 12.4 Å². The van der Waals surface area contributed by atoms with Crippen LogP contribution in [-0.4, -0.2) is 51.8 Å². The van der Waals surface area contributed by atoms with Crippen LogP contribution < -0.4 is 5.32 Å². The van der Waals surface area contributed by atoms with Gasteiger partial charge in [0.2, 0.25) is 5.91 Å². The number of hydrogen-bond acceptors (Lipinski definition) is 6. The Kier molecular flexibility index (Phi) is 5.37. The SMILES string of the molecule is CCn1cnnc1[C@@H]1CN(CC(=O)NCc2cccs2)CCO1. The van der Waals surface area contributed by atoms with Crippen molar-refractivity contribution in [2.24, 2.45) is 0 Å². The van der Waals surface area contributed by atoms with Crippen molar-refractivity contribution < 1.29 is 9.53 Å². The number of hydrogen-bond donors (Lipinski definition) is 1. The standard InChI is InChI=1S/C15H21N5O2S/c1-2-20-11-17-18-15(20)13-9-19(5-6-22-13)10-14(21)16-8-12-4-3-7-23-12/h3-4,7,11,13H,2,5-6,8-10H2,1H3,(H,16,21)/t13-/m0/s1. The summed E-state index contributed by atoms with van der Waals surface area (Å²) < 4.78 is 7.78. The van der Waals surface area contributed by atoms with Crippen molar-refractivity contribution in [3.8, 4) is 0 Å². The molecular formula is C15H21N5O2S. The summed E-state index contributed by atoms with van der Waals surface area (Å²) in [5, 5.41) is 13.1. The molecule has 2 aromatic heterocycles. The van der Waals surface area contributed by atoms with Crippen molar-refractivity contribution in [2.45, 2.75) is 26.1 Å². The summed E-state index contributed by atoms with van der Waals surface area (Å²) in [6.45, 7) is 5.84. The highest BCUT2D eigenvalue weighted by Gasteiger charge is 2.26. The summed E-state index contributed by atoms with van der Waals surface area (Å²) in [5.74, 6) is 0.868. The number of carbonyl (C=O) groups excluding carboxylic acids is 1. The lowest BCUT2D eigenvalue weighted by Crippen LogP contribution is -2.44. The lowest BCUT2D eigenvalue weighted by molar-refractivity contribution is -0.124. The van der Waals surface area contributed by atoms with Crippen LogP contribution >= 0.6 is 11.3 Å². The van der Waals surface area contributed by atoms with Gasteiger partial charge in [-0.25, -0.2) is 0 Å². The smallest absolute Gasteiger partial charge is 0.234 e. The Bertz CT molecular complexity index is 628. The van der Waals surface area contributed by atoms with Crippen LogP contribution in [0.25, 0.3) is 0 Å². The Balaban J connectivity index is 1.51. The zero-order valence-electron chi connectivity index (χ0n) is 13.1. The second-order valence-electron chi connectivity index (χ2n) is 5.43. The van der Waals surface area contributed by atoms with E-state index in [0.717, 1.165) is 23.8 Å². The van der Waals surface area contributed by atoms with Gasteiger partial charge in [-0.3, -0.25) is 9.69 Å². The summed E-state index contributed by atoms with van der Waals surface area (Å²) >= 11 is 1.65. The highest BCUT2D eigenvalue weighted by Crippen LogP contribution is 2.20. The molecule has 0 spiro atoms. The molecule has 0 aliphatic carbocycles. The second kappa shape index (κ2) is 7.67. The Morgan fingerprint density at radius 2 is 2.48 bits per heavy atom. The molecule has 1 atom stereocenters. The van der Waals surface area contributed by atoms with Crippen molar-refractivity contribution in [1.29, 1.82) is 0 Å². The monoisotopic (exact) mass is 335 g/mol. The molecule has 7 nitrogen and oxygen atoms in total. The molecule has 3 rings (SSSR count). The third-order valence-electron chi connectivity index (χ3n) is 3.83. The Morgan fingerprint density at radius 3 is 3.26 bits per heavy atom. The lowest BCUT2D eigenvalue weighted by atomic mass is 10.2.